The van der Waals surface area contributed by atoms with Crippen molar-refractivity contribution in [3.63, 3.8) is 0 Å². The monoisotopic (exact) mass is 290 g/mol. The molecule has 21 heavy (non-hydrogen) atoms. The van der Waals surface area contributed by atoms with E-state index >= 15 is 0 Å². The van der Waals surface area contributed by atoms with Crippen molar-refractivity contribution in [3.05, 3.63) is 12.1 Å². The van der Waals surface area contributed by atoms with Gasteiger partial charge in [-0.25, -0.2) is 0 Å². The average molecular weight is 290 g/mol. The molecular weight excluding hydrogens is 264 g/mol. The van der Waals surface area contributed by atoms with Crippen molar-refractivity contribution in [2.45, 2.75) is 59.4 Å². The molecule has 0 bridgehead atoms. The van der Waals surface area contributed by atoms with Crippen molar-refractivity contribution in [2.75, 3.05) is 16.8 Å². The third-order valence-electron chi connectivity index (χ3n) is 3.97. The van der Waals surface area contributed by atoms with E-state index in [9.17, 15) is 4.79 Å². The second-order valence-electron chi connectivity index (χ2n) is 6.73. The molecule has 2 heterocycles. The van der Waals surface area contributed by atoms with Gasteiger partial charge in [0.1, 0.15) is 0 Å². The second kappa shape index (κ2) is 6.41. The Balaban J connectivity index is 2.06. The van der Waals surface area contributed by atoms with Gasteiger partial charge in [0.15, 0.2) is 11.6 Å². The largest absolute Gasteiger partial charge is 0.352 e. The van der Waals surface area contributed by atoms with Gasteiger partial charge in [-0.1, -0.05) is 27.7 Å². The molecule has 0 saturated carbocycles. The molecular formula is C16H26N4O. The van der Waals surface area contributed by atoms with Crippen molar-refractivity contribution < 1.29 is 4.79 Å². The zero-order valence-corrected chi connectivity index (χ0v) is 13.5. The SMILES string of the molecule is CCC1CCCCN1c1ccc(NC(=O)C(C)(C)C)nn1. The van der Waals surface area contributed by atoms with Crippen molar-refractivity contribution in [2.24, 2.45) is 5.41 Å². The number of hydrogen-bond donors (Lipinski definition) is 1. The smallest absolute Gasteiger partial charge is 0.230 e. The lowest BCUT2D eigenvalue weighted by Gasteiger charge is -2.35. The van der Waals surface area contributed by atoms with Crippen LogP contribution in [-0.2, 0) is 4.79 Å². The molecule has 5 heteroatoms. The molecule has 116 valence electrons. The van der Waals surface area contributed by atoms with Crippen LogP contribution in [0.1, 0.15) is 53.4 Å². The predicted molar refractivity (Wildman–Crippen MR) is 85.4 cm³/mol. The average Bonchev–Trinajstić information content (AvgIpc) is 2.47. The van der Waals surface area contributed by atoms with E-state index in [4.69, 9.17) is 0 Å². The van der Waals surface area contributed by atoms with E-state index in [-0.39, 0.29) is 5.91 Å². The van der Waals surface area contributed by atoms with Gasteiger partial charge in [0, 0.05) is 18.0 Å². The molecule has 1 aromatic rings. The van der Waals surface area contributed by atoms with E-state index < -0.39 is 5.41 Å². The number of hydrogen-bond acceptors (Lipinski definition) is 4. The molecule has 1 saturated heterocycles. The van der Waals surface area contributed by atoms with Gasteiger partial charge in [-0.15, -0.1) is 10.2 Å². The van der Waals surface area contributed by atoms with Crippen molar-refractivity contribution in [3.8, 4) is 0 Å². The highest BCUT2D eigenvalue weighted by Crippen LogP contribution is 2.25. The number of anilines is 2. The maximum atomic E-state index is 11.9. The van der Waals surface area contributed by atoms with Gasteiger partial charge in [-0.2, -0.15) is 0 Å². The zero-order valence-electron chi connectivity index (χ0n) is 13.5. The van der Waals surface area contributed by atoms with Crippen molar-refractivity contribution >= 4 is 17.5 Å². The van der Waals surface area contributed by atoms with E-state index in [1.54, 1.807) is 0 Å². The predicted octanol–water partition coefficient (Wildman–Crippen LogP) is 3.23. The number of amides is 1. The van der Waals surface area contributed by atoms with E-state index in [0.717, 1.165) is 18.8 Å². The fourth-order valence-electron chi connectivity index (χ4n) is 2.58. The van der Waals surface area contributed by atoms with E-state index in [0.29, 0.717) is 11.9 Å². The standard InChI is InChI=1S/C16H26N4O/c1-5-12-8-6-7-11-20(12)14-10-9-13(18-19-14)17-15(21)16(2,3)4/h9-10,12H,5-8,11H2,1-4H3,(H,17,18,21). The minimum absolute atomic E-state index is 0.0473. The minimum Gasteiger partial charge on any atom is -0.352 e. The van der Waals surface area contributed by atoms with Crippen molar-refractivity contribution in [1.29, 1.82) is 0 Å². The topological polar surface area (TPSA) is 58.1 Å². The Bertz CT molecular complexity index is 478. The van der Waals surface area contributed by atoms with Crippen LogP contribution in [0, 0.1) is 5.41 Å². The summed E-state index contributed by atoms with van der Waals surface area (Å²) in [5.74, 6) is 1.38. The highest BCUT2D eigenvalue weighted by Gasteiger charge is 2.23. The number of rotatable bonds is 3. The highest BCUT2D eigenvalue weighted by atomic mass is 16.2. The van der Waals surface area contributed by atoms with Gasteiger partial charge in [0.05, 0.1) is 0 Å². The summed E-state index contributed by atoms with van der Waals surface area (Å²) >= 11 is 0. The molecule has 1 aliphatic rings. The molecule has 1 N–H and O–H groups in total. The molecule has 1 aliphatic heterocycles. The maximum Gasteiger partial charge on any atom is 0.230 e. The van der Waals surface area contributed by atoms with E-state index in [1.807, 2.05) is 32.9 Å². The highest BCUT2D eigenvalue weighted by molar-refractivity contribution is 5.93. The fourth-order valence-corrected chi connectivity index (χ4v) is 2.58. The van der Waals surface area contributed by atoms with Gasteiger partial charge in [0.2, 0.25) is 5.91 Å². The van der Waals surface area contributed by atoms with Gasteiger partial charge in [-0.05, 0) is 37.8 Å². The Morgan fingerprint density at radius 2 is 2.10 bits per heavy atom. The molecule has 1 amide bonds. The molecule has 1 aromatic heterocycles. The Morgan fingerprint density at radius 1 is 1.33 bits per heavy atom. The Hall–Kier alpha value is -1.65. The molecule has 0 radical (unpaired) electrons. The molecule has 2 rings (SSSR count). The molecule has 1 fully saturated rings. The quantitative estimate of drug-likeness (QED) is 0.928. The molecule has 1 unspecified atom stereocenters. The lowest BCUT2D eigenvalue weighted by Crippen LogP contribution is -2.39. The number of nitrogens with one attached hydrogen (secondary N) is 1. The summed E-state index contributed by atoms with van der Waals surface area (Å²) in [5.41, 5.74) is -0.430. The normalized spacial score (nSPS) is 19.4. The summed E-state index contributed by atoms with van der Waals surface area (Å²) in [5, 5.41) is 11.3. The molecule has 0 spiro atoms. The van der Waals surface area contributed by atoms with Crippen molar-refractivity contribution in [1.82, 2.24) is 10.2 Å². The number of aromatic nitrogens is 2. The van der Waals surface area contributed by atoms with Gasteiger partial charge in [0.25, 0.3) is 0 Å². The first-order chi connectivity index (χ1) is 9.91. The van der Waals surface area contributed by atoms with Gasteiger partial charge >= 0.3 is 0 Å². The van der Waals surface area contributed by atoms with Crippen LogP contribution < -0.4 is 10.2 Å². The fraction of sp³-hybridized carbons (Fsp3) is 0.688. The van der Waals surface area contributed by atoms with Crippen LogP contribution in [0.5, 0.6) is 0 Å². The van der Waals surface area contributed by atoms with Crippen LogP contribution in [0.2, 0.25) is 0 Å². The molecule has 0 aromatic carbocycles. The molecule has 0 aliphatic carbocycles. The van der Waals surface area contributed by atoms with Crippen LogP contribution >= 0.6 is 0 Å². The number of carbonyl (C=O) groups excluding carboxylic acids is 1. The third-order valence-corrected chi connectivity index (χ3v) is 3.97. The number of carbonyl (C=O) groups is 1. The Kier molecular flexibility index (Phi) is 4.80. The summed E-state index contributed by atoms with van der Waals surface area (Å²) in [7, 11) is 0. The van der Waals surface area contributed by atoms with Gasteiger partial charge in [-0.3, -0.25) is 4.79 Å². The van der Waals surface area contributed by atoms with E-state index in [1.165, 1.54) is 19.3 Å². The zero-order chi connectivity index (χ0) is 15.5. The summed E-state index contributed by atoms with van der Waals surface area (Å²) in [6.07, 6.45) is 4.85. The van der Waals surface area contributed by atoms with Crippen LogP contribution in [0.25, 0.3) is 0 Å². The number of nitrogens with zero attached hydrogens (tertiary/aromatic N) is 3. The summed E-state index contributed by atoms with van der Waals surface area (Å²) in [6.45, 7) is 8.90. The summed E-state index contributed by atoms with van der Waals surface area (Å²) in [4.78, 5) is 14.3. The van der Waals surface area contributed by atoms with Gasteiger partial charge < -0.3 is 10.2 Å². The second-order valence-corrected chi connectivity index (χ2v) is 6.73. The van der Waals surface area contributed by atoms with E-state index in [2.05, 4.69) is 27.3 Å². The van der Waals surface area contributed by atoms with Crippen LogP contribution in [0.4, 0.5) is 11.6 Å². The Morgan fingerprint density at radius 3 is 2.67 bits per heavy atom. The first-order valence-corrected chi connectivity index (χ1v) is 7.83. The summed E-state index contributed by atoms with van der Waals surface area (Å²) in [6, 6.07) is 4.36. The Labute approximate surface area is 127 Å². The van der Waals surface area contributed by atoms with Crippen LogP contribution in [0.3, 0.4) is 0 Å². The minimum atomic E-state index is -0.430. The third kappa shape index (κ3) is 3.93. The number of piperidine rings is 1. The maximum absolute atomic E-state index is 11.9. The first-order valence-electron chi connectivity index (χ1n) is 7.83. The lowest BCUT2D eigenvalue weighted by molar-refractivity contribution is -0.123. The van der Waals surface area contributed by atoms with Crippen LogP contribution in [-0.4, -0.2) is 28.7 Å². The summed E-state index contributed by atoms with van der Waals surface area (Å²) < 4.78 is 0. The van der Waals surface area contributed by atoms with Crippen LogP contribution in [0.15, 0.2) is 12.1 Å². The molecule has 1 atom stereocenters. The molecule has 5 nitrogen and oxygen atoms in total. The lowest BCUT2D eigenvalue weighted by atomic mass is 9.96. The first kappa shape index (κ1) is 15.7.